The molecule has 4 heteroatoms. The standard InChI is InChI=1S/C17H31NO3/c1-12-14(7-10-21-12)15(19)18-11-17(20)8-5-13(6-9-17)16(2,3)4/h12-14,20H,5-11H2,1-4H3,(H,18,19). The topological polar surface area (TPSA) is 58.6 Å². The molecule has 0 aromatic carbocycles. The van der Waals surface area contributed by atoms with E-state index in [4.69, 9.17) is 4.74 Å². The number of nitrogens with one attached hydrogen (secondary N) is 1. The van der Waals surface area contributed by atoms with E-state index in [0.717, 1.165) is 32.1 Å². The van der Waals surface area contributed by atoms with Crippen LogP contribution in [0, 0.1) is 17.3 Å². The zero-order valence-electron chi connectivity index (χ0n) is 13.9. The minimum Gasteiger partial charge on any atom is -0.388 e. The maximum Gasteiger partial charge on any atom is 0.225 e. The molecule has 21 heavy (non-hydrogen) atoms. The Bertz CT molecular complexity index is 367. The van der Waals surface area contributed by atoms with Crippen LogP contribution in [0.2, 0.25) is 0 Å². The van der Waals surface area contributed by atoms with Crippen molar-refractivity contribution in [2.45, 2.75) is 71.5 Å². The highest BCUT2D eigenvalue weighted by molar-refractivity contribution is 5.79. The van der Waals surface area contributed by atoms with Crippen molar-refractivity contribution in [3.63, 3.8) is 0 Å². The van der Waals surface area contributed by atoms with E-state index in [1.807, 2.05) is 6.92 Å². The fourth-order valence-corrected chi connectivity index (χ4v) is 3.66. The van der Waals surface area contributed by atoms with E-state index in [2.05, 4.69) is 26.1 Å². The first-order valence-corrected chi connectivity index (χ1v) is 8.33. The zero-order chi connectivity index (χ0) is 15.7. The number of amides is 1. The van der Waals surface area contributed by atoms with E-state index in [-0.39, 0.29) is 17.9 Å². The third kappa shape index (κ3) is 4.19. The Hall–Kier alpha value is -0.610. The van der Waals surface area contributed by atoms with Crippen LogP contribution in [0.1, 0.15) is 59.8 Å². The first-order valence-electron chi connectivity index (χ1n) is 8.33. The number of carbonyl (C=O) groups excluding carboxylic acids is 1. The number of hydrogen-bond donors (Lipinski definition) is 2. The molecule has 0 radical (unpaired) electrons. The van der Waals surface area contributed by atoms with Gasteiger partial charge < -0.3 is 15.2 Å². The van der Waals surface area contributed by atoms with Gasteiger partial charge in [-0.1, -0.05) is 20.8 Å². The molecule has 2 fully saturated rings. The summed E-state index contributed by atoms with van der Waals surface area (Å²) in [6.07, 6.45) is 4.43. The van der Waals surface area contributed by atoms with Crippen LogP contribution in [0.25, 0.3) is 0 Å². The van der Waals surface area contributed by atoms with Gasteiger partial charge in [0.25, 0.3) is 0 Å². The van der Waals surface area contributed by atoms with E-state index in [0.29, 0.717) is 24.5 Å². The molecule has 1 saturated heterocycles. The Morgan fingerprint density at radius 1 is 1.29 bits per heavy atom. The van der Waals surface area contributed by atoms with Crippen molar-refractivity contribution in [3.05, 3.63) is 0 Å². The molecule has 2 N–H and O–H groups in total. The van der Waals surface area contributed by atoms with E-state index in [1.54, 1.807) is 0 Å². The van der Waals surface area contributed by atoms with Gasteiger partial charge in [0, 0.05) is 13.2 Å². The summed E-state index contributed by atoms with van der Waals surface area (Å²) in [6.45, 7) is 9.80. The lowest BCUT2D eigenvalue weighted by Crippen LogP contribution is -2.48. The van der Waals surface area contributed by atoms with Gasteiger partial charge in [-0.15, -0.1) is 0 Å². The van der Waals surface area contributed by atoms with Gasteiger partial charge in [0.1, 0.15) is 0 Å². The molecule has 0 bridgehead atoms. The van der Waals surface area contributed by atoms with Crippen molar-refractivity contribution in [2.75, 3.05) is 13.2 Å². The molecule has 2 aliphatic rings. The average Bonchev–Trinajstić information content (AvgIpc) is 2.82. The highest BCUT2D eigenvalue weighted by Gasteiger charge is 2.38. The third-order valence-corrected chi connectivity index (χ3v) is 5.45. The Morgan fingerprint density at radius 2 is 1.90 bits per heavy atom. The van der Waals surface area contributed by atoms with E-state index < -0.39 is 5.60 Å². The summed E-state index contributed by atoms with van der Waals surface area (Å²) in [4.78, 5) is 12.2. The SMILES string of the molecule is CC1OCCC1C(=O)NCC1(O)CCC(C(C)(C)C)CC1. The van der Waals surface area contributed by atoms with Gasteiger partial charge in [0.2, 0.25) is 5.91 Å². The molecule has 1 aliphatic heterocycles. The molecule has 1 amide bonds. The molecule has 122 valence electrons. The number of hydrogen-bond acceptors (Lipinski definition) is 3. The fraction of sp³-hybridized carbons (Fsp3) is 0.941. The summed E-state index contributed by atoms with van der Waals surface area (Å²) in [5.74, 6) is 0.641. The maximum absolute atomic E-state index is 12.2. The van der Waals surface area contributed by atoms with Crippen molar-refractivity contribution in [2.24, 2.45) is 17.3 Å². The third-order valence-electron chi connectivity index (χ3n) is 5.45. The molecule has 2 atom stereocenters. The first-order chi connectivity index (χ1) is 9.71. The normalized spacial score (nSPS) is 37.5. The van der Waals surface area contributed by atoms with Crippen LogP contribution in [0.4, 0.5) is 0 Å². The predicted molar refractivity (Wildman–Crippen MR) is 82.9 cm³/mol. The van der Waals surface area contributed by atoms with Gasteiger partial charge in [-0.05, 0) is 50.4 Å². The van der Waals surface area contributed by atoms with Gasteiger partial charge >= 0.3 is 0 Å². The van der Waals surface area contributed by atoms with Gasteiger partial charge in [-0.2, -0.15) is 0 Å². The van der Waals surface area contributed by atoms with E-state index >= 15 is 0 Å². The first kappa shape index (κ1) is 16.8. The molecule has 1 heterocycles. The second-order valence-electron chi connectivity index (χ2n) is 8.05. The van der Waals surface area contributed by atoms with Crippen molar-refractivity contribution in [3.8, 4) is 0 Å². The Labute approximate surface area is 128 Å². The van der Waals surface area contributed by atoms with Crippen molar-refractivity contribution < 1.29 is 14.6 Å². The van der Waals surface area contributed by atoms with Crippen LogP contribution in [0.3, 0.4) is 0 Å². The van der Waals surface area contributed by atoms with Crippen LogP contribution in [0.5, 0.6) is 0 Å². The largest absolute Gasteiger partial charge is 0.388 e. The number of rotatable bonds is 3. The quantitative estimate of drug-likeness (QED) is 0.841. The van der Waals surface area contributed by atoms with Crippen LogP contribution in [0.15, 0.2) is 0 Å². The second kappa shape index (κ2) is 6.25. The van der Waals surface area contributed by atoms with Crippen LogP contribution < -0.4 is 5.32 Å². The molecule has 2 rings (SSSR count). The molecular weight excluding hydrogens is 266 g/mol. The summed E-state index contributed by atoms with van der Waals surface area (Å²) >= 11 is 0. The van der Waals surface area contributed by atoms with E-state index in [9.17, 15) is 9.90 Å². The summed E-state index contributed by atoms with van der Waals surface area (Å²) in [5.41, 5.74) is -0.415. The van der Waals surface area contributed by atoms with Gasteiger partial charge in [-0.3, -0.25) is 4.79 Å². The minimum absolute atomic E-state index is 0.00345. The van der Waals surface area contributed by atoms with Gasteiger partial charge in [0.15, 0.2) is 0 Å². The number of carbonyl (C=O) groups is 1. The number of ether oxygens (including phenoxy) is 1. The Balaban J connectivity index is 1.79. The molecule has 4 nitrogen and oxygen atoms in total. The average molecular weight is 297 g/mol. The second-order valence-corrected chi connectivity index (χ2v) is 8.05. The highest BCUT2D eigenvalue weighted by Crippen LogP contribution is 2.41. The zero-order valence-corrected chi connectivity index (χ0v) is 13.9. The maximum atomic E-state index is 12.2. The summed E-state index contributed by atoms with van der Waals surface area (Å²) in [6, 6.07) is 0. The van der Waals surface area contributed by atoms with Crippen LogP contribution in [-0.4, -0.2) is 35.9 Å². The highest BCUT2D eigenvalue weighted by atomic mass is 16.5. The minimum atomic E-state index is -0.722. The summed E-state index contributed by atoms with van der Waals surface area (Å²) in [7, 11) is 0. The summed E-state index contributed by atoms with van der Waals surface area (Å²) < 4.78 is 5.43. The molecule has 1 saturated carbocycles. The molecule has 1 aliphatic carbocycles. The summed E-state index contributed by atoms with van der Waals surface area (Å²) in [5, 5.41) is 13.6. The lowest BCUT2D eigenvalue weighted by Gasteiger charge is -2.41. The molecular formula is C17H31NO3. The fourth-order valence-electron chi connectivity index (χ4n) is 3.66. The van der Waals surface area contributed by atoms with Crippen molar-refractivity contribution >= 4 is 5.91 Å². The van der Waals surface area contributed by atoms with Crippen molar-refractivity contribution in [1.29, 1.82) is 0 Å². The van der Waals surface area contributed by atoms with Gasteiger partial charge in [-0.25, -0.2) is 0 Å². The number of aliphatic hydroxyl groups is 1. The molecule has 0 aromatic rings. The predicted octanol–water partition coefficient (Wildman–Crippen LogP) is 2.50. The molecule has 0 spiro atoms. The van der Waals surface area contributed by atoms with Crippen molar-refractivity contribution in [1.82, 2.24) is 5.32 Å². The van der Waals surface area contributed by atoms with Crippen LogP contribution >= 0.6 is 0 Å². The van der Waals surface area contributed by atoms with Gasteiger partial charge in [0.05, 0.1) is 17.6 Å². The Morgan fingerprint density at radius 3 is 2.38 bits per heavy atom. The smallest absolute Gasteiger partial charge is 0.225 e. The Kier molecular flexibility index (Phi) is 4.99. The lowest BCUT2D eigenvalue weighted by atomic mass is 9.68. The molecule has 0 aromatic heterocycles. The molecule has 2 unspecified atom stereocenters. The lowest BCUT2D eigenvalue weighted by molar-refractivity contribution is -0.128. The monoisotopic (exact) mass is 297 g/mol. The van der Waals surface area contributed by atoms with E-state index in [1.165, 1.54) is 0 Å². The van der Waals surface area contributed by atoms with Crippen LogP contribution in [-0.2, 0) is 9.53 Å².